The van der Waals surface area contributed by atoms with Gasteiger partial charge in [0.25, 0.3) is 0 Å². The third-order valence-electron chi connectivity index (χ3n) is 6.25. The highest BCUT2D eigenvalue weighted by Gasteiger charge is 2.46. The van der Waals surface area contributed by atoms with E-state index >= 15 is 0 Å². The molecule has 0 saturated carbocycles. The van der Waals surface area contributed by atoms with E-state index in [0.29, 0.717) is 0 Å². The Hall–Kier alpha value is -3.42. The van der Waals surface area contributed by atoms with Crippen molar-refractivity contribution in [2.75, 3.05) is 0 Å². The van der Waals surface area contributed by atoms with Gasteiger partial charge in [0, 0.05) is 16.6 Å². The molecule has 0 radical (unpaired) electrons. The van der Waals surface area contributed by atoms with Gasteiger partial charge in [-0.15, -0.1) is 0 Å². The van der Waals surface area contributed by atoms with Gasteiger partial charge in [-0.05, 0) is 57.6 Å². The molecule has 1 aromatic heterocycles. The Bertz CT molecular complexity index is 1410. The summed E-state index contributed by atoms with van der Waals surface area (Å²) in [5.41, 5.74) is 8.03. The first kappa shape index (κ1) is 17.4. The van der Waals surface area contributed by atoms with Crippen molar-refractivity contribution in [2.24, 2.45) is 0 Å². The predicted octanol–water partition coefficient (Wildman–Crippen LogP) is 7.25. The first-order chi connectivity index (χ1) is 14.8. The third kappa shape index (κ3) is 2.33. The van der Waals surface area contributed by atoms with Gasteiger partial charge in [-0.1, -0.05) is 90.5 Å². The second kappa shape index (κ2) is 6.55. The molecule has 5 aromatic rings. The molecule has 1 atom stereocenters. The van der Waals surface area contributed by atoms with Crippen molar-refractivity contribution in [1.29, 1.82) is 0 Å². The standard InChI is InChI=1S/C28H18ClN/c29-22-14-15-26-24(18-22)23-10-4-5-11-25(23)28(26,20-8-2-1-3-9-20)21-13-12-19-7-6-16-30-27(19)17-21/h1-18H. The summed E-state index contributed by atoms with van der Waals surface area (Å²) < 4.78 is 0. The van der Waals surface area contributed by atoms with Gasteiger partial charge >= 0.3 is 0 Å². The molecule has 0 spiro atoms. The average Bonchev–Trinajstić information content (AvgIpc) is 3.10. The Morgan fingerprint density at radius 3 is 2.30 bits per heavy atom. The number of hydrogen-bond donors (Lipinski definition) is 0. The number of pyridine rings is 1. The van der Waals surface area contributed by atoms with Gasteiger partial charge in [0.2, 0.25) is 0 Å². The summed E-state index contributed by atoms with van der Waals surface area (Å²) in [6.07, 6.45) is 1.86. The molecule has 0 fully saturated rings. The number of hydrogen-bond acceptors (Lipinski definition) is 1. The van der Waals surface area contributed by atoms with E-state index in [2.05, 4.69) is 96.0 Å². The molecule has 1 aliphatic carbocycles. The summed E-state index contributed by atoms with van der Waals surface area (Å²) in [5, 5.41) is 1.90. The molecule has 0 N–H and O–H groups in total. The van der Waals surface area contributed by atoms with E-state index in [1.54, 1.807) is 0 Å². The van der Waals surface area contributed by atoms with Crippen molar-refractivity contribution in [1.82, 2.24) is 4.98 Å². The minimum atomic E-state index is -0.413. The van der Waals surface area contributed by atoms with Crippen molar-refractivity contribution >= 4 is 22.5 Å². The Balaban J connectivity index is 1.79. The number of aromatic nitrogens is 1. The lowest BCUT2D eigenvalue weighted by molar-refractivity contribution is 0.769. The average molecular weight is 404 g/mol. The van der Waals surface area contributed by atoms with Gasteiger partial charge in [-0.2, -0.15) is 0 Å². The minimum absolute atomic E-state index is 0.413. The first-order valence-corrected chi connectivity index (χ1v) is 10.5. The number of rotatable bonds is 2. The molecule has 1 aliphatic rings. The van der Waals surface area contributed by atoms with Gasteiger partial charge in [-0.25, -0.2) is 0 Å². The highest BCUT2D eigenvalue weighted by molar-refractivity contribution is 6.31. The van der Waals surface area contributed by atoms with Crippen LogP contribution in [0, 0.1) is 0 Å². The maximum atomic E-state index is 6.44. The molecule has 142 valence electrons. The lowest BCUT2D eigenvalue weighted by Crippen LogP contribution is -2.28. The van der Waals surface area contributed by atoms with Crippen LogP contribution in [-0.4, -0.2) is 4.98 Å². The molecule has 0 aliphatic heterocycles. The Morgan fingerprint density at radius 1 is 0.600 bits per heavy atom. The fourth-order valence-corrected chi connectivity index (χ4v) is 5.21. The van der Waals surface area contributed by atoms with Crippen LogP contribution in [0.25, 0.3) is 22.0 Å². The van der Waals surface area contributed by atoms with Crippen LogP contribution in [0.3, 0.4) is 0 Å². The maximum Gasteiger partial charge on any atom is 0.0714 e. The van der Waals surface area contributed by atoms with Gasteiger partial charge in [-0.3, -0.25) is 4.98 Å². The van der Waals surface area contributed by atoms with Gasteiger partial charge in [0.15, 0.2) is 0 Å². The number of nitrogens with zero attached hydrogens (tertiary/aromatic N) is 1. The van der Waals surface area contributed by atoms with Crippen LogP contribution in [0.2, 0.25) is 5.02 Å². The fraction of sp³-hybridized carbons (Fsp3) is 0.0357. The summed E-state index contributed by atoms with van der Waals surface area (Å²) in [5.74, 6) is 0. The van der Waals surface area contributed by atoms with Crippen molar-refractivity contribution < 1.29 is 0 Å². The molecule has 0 bridgehead atoms. The van der Waals surface area contributed by atoms with E-state index in [1.807, 2.05) is 18.3 Å². The topological polar surface area (TPSA) is 12.9 Å². The second-order valence-corrected chi connectivity index (χ2v) is 8.20. The van der Waals surface area contributed by atoms with E-state index in [-0.39, 0.29) is 0 Å². The molecular formula is C28H18ClN. The van der Waals surface area contributed by atoms with Crippen LogP contribution in [0.1, 0.15) is 22.3 Å². The molecular weight excluding hydrogens is 386 g/mol. The highest BCUT2D eigenvalue weighted by atomic mass is 35.5. The highest BCUT2D eigenvalue weighted by Crippen LogP contribution is 2.56. The molecule has 4 aromatic carbocycles. The maximum absolute atomic E-state index is 6.44. The zero-order chi connectivity index (χ0) is 20.1. The number of halogens is 1. The van der Waals surface area contributed by atoms with E-state index in [4.69, 9.17) is 11.6 Å². The molecule has 6 rings (SSSR count). The van der Waals surface area contributed by atoms with Crippen LogP contribution in [0.15, 0.2) is 109 Å². The Labute approximate surface area is 180 Å². The molecule has 1 heterocycles. The van der Waals surface area contributed by atoms with E-state index in [1.165, 1.54) is 33.4 Å². The molecule has 2 heteroatoms. The smallest absolute Gasteiger partial charge is 0.0714 e. The van der Waals surface area contributed by atoms with Crippen molar-refractivity contribution in [3.8, 4) is 11.1 Å². The lowest BCUT2D eigenvalue weighted by Gasteiger charge is -2.34. The zero-order valence-corrected chi connectivity index (χ0v) is 17.0. The second-order valence-electron chi connectivity index (χ2n) is 7.76. The summed E-state index contributed by atoms with van der Waals surface area (Å²) in [4.78, 5) is 4.64. The molecule has 0 amide bonds. The van der Waals surface area contributed by atoms with E-state index < -0.39 is 5.41 Å². The van der Waals surface area contributed by atoms with E-state index in [9.17, 15) is 0 Å². The molecule has 30 heavy (non-hydrogen) atoms. The van der Waals surface area contributed by atoms with Gasteiger partial charge < -0.3 is 0 Å². The lowest BCUT2D eigenvalue weighted by atomic mass is 9.67. The fourth-order valence-electron chi connectivity index (χ4n) is 5.03. The van der Waals surface area contributed by atoms with Crippen LogP contribution >= 0.6 is 11.6 Å². The Kier molecular flexibility index (Phi) is 3.81. The summed E-state index contributed by atoms with van der Waals surface area (Å²) in [7, 11) is 0. The summed E-state index contributed by atoms with van der Waals surface area (Å²) in [6.45, 7) is 0. The van der Waals surface area contributed by atoms with Crippen LogP contribution in [0.4, 0.5) is 0 Å². The van der Waals surface area contributed by atoms with Gasteiger partial charge in [0.1, 0.15) is 0 Å². The van der Waals surface area contributed by atoms with Gasteiger partial charge in [0.05, 0.1) is 10.9 Å². The molecule has 1 nitrogen and oxygen atoms in total. The number of fused-ring (bicyclic) bond motifs is 4. The van der Waals surface area contributed by atoms with Crippen molar-refractivity contribution in [3.63, 3.8) is 0 Å². The quantitative estimate of drug-likeness (QED) is 0.296. The molecule has 1 unspecified atom stereocenters. The third-order valence-corrected chi connectivity index (χ3v) is 6.49. The zero-order valence-electron chi connectivity index (χ0n) is 16.2. The van der Waals surface area contributed by atoms with E-state index in [0.717, 1.165) is 15.9 Å². The van der Waals surface area contributed by atoms with Crippen molar-refractivity contribution in [2.45, 2.75) is 5.41 Å². The van der Waals surface area contributed by atoms with Crippen molar-refractivity contribution in [3.05, 3.63) is 137 Å². The van der Waals surface area contributed by atoms with Crippen LogP contribution in [0.5, 0.6) is 0 Å². The normalized spacial score (nSPS) is 17.0. The van der Waals surface area contributed by atoms with Crippen LogP contribution in [-0.2, 0) is 5.41 Å². The minimum Gasteiger partial charge on any atom is -0.256 e. The largest absolute Gasteiger partial charge is 0.256 e. The first-order valence-electron chi connectivity index (χ1n) is 10.1. The summed E-state index contributed by atoms with van der Waals surface area (Å²) >= 11 is 6.44. The summed E-state index contributed by atoms with van der Waals surface area (Å²) in [6, 6.07) is 36.5. The number of benzene rings is 4. The Morgan fingerprint density at radius 2 is 1.40 bits per heavy atom. The SMILES string of the molecule is Clc1ccc2c(c1)-c1ccccc1C2(c1ccccc1)c1ccc2cccnc2c1. The van der Waals surface area contributed by atoms with Crippen LogP contribution < -0.4 is 0 Å². The predicted molar refractivity (Wildman–Crippen MR) is 124 cm³/mol. The molecule has 0 saturated heterocycles. The monoisotopic (exact) mass is 403 g/mol.